The van der Waals surface area contributed by atoms with Gasteiger partial charge in [0.2, 0.25) is 5.91 Å². The number of rotatable bonds is 4. The topological polar surface area (TPSA) is 70.2 Å². The van der Waals surface area contributed by atoms with Crippen LogP contribution in [0.25, 0.3) is 0 Å². The third-order valence-electron chi connectivity index (χ3n) is 3.44. The van der Waals surface area contributed by atoms with Crippen LogP contribution in [-0.2, 0) is 4.79 Å². The molecule has 1 amide bonds. The maximum atomic E-state index is 12.0. The Morgan fingerprint density at radius 3 is 3.00 bits per heavy atom. The minimum atomic E-state index is -0.158. The molecule has 1 aromatic rings. The zero-order chi connectivity index (χ0) is 14.5. The number of anilines is 2. The van der Waals surface area contributed by atoms with Gasteiger partial charge in [-0.1, -0.05) is 0 Å². The fraction of sp³-hybridized carbons (Fsp3) is 0.615. The van der Waals surface area contributed by atoms with Crippen molar-refractivity contribution in [1.29, 1.82) is 0 Å². The van der Waals surface area contributed by atoms with Crippen molar-refractivity contribution in [3.8, 4) is 0 Å². The normalized spacial score (nSPS) is 18.8. The Labute approximate surface area is 127 Å². The Morgan fingerprint density at radius 1 is 1.50 bits per heavy atom. The zero-order valence-corrected chi connectivity index (χ0v) is 13.4. The molecular formula is C13H20BrN5O. The molecule has 20 heavy (non-hydrogen) atoms. The Bertz CT molecular complexity index is 482. The van der Waals surface area contributed by atoms with Crippen LogP contribution >= 0.6 is 15.9 Å². The summed E-state index contributed by atoms with van der Waals surface area (Å²) in [5.41, 5.74) is 0. The van der Waals surface area contributed by atoms with E-state index in [4.69, 9.17) is 0 Å². The molecule has 1 atom stereocenters. The zero-order valence-electron chi connectivity index (χ0n) is 11.8. The number of amides is 1. The van der Waals surface area contributed by atoms with Crippen molar-refractivity contribution in [1.82, 2.24) is 15.3 Å². The average Bonchev–Trinajstić information content (AvgIpc) is 2.49. The van der Waals surface area contributed by atoms with Crippen molar-refractivity contribution < 1.29 is 4.79 Å². The van der Waals surface area contributed by atoms with Crippen molar-refractivity contribution in [2.45, 2.75) is 32.2 Å². The number of carbonyl (C=O) groups excluding carboxylic acids is 1. The lowest BCUT2D eigenvalue weighted by Crippen LogP contribution is -2.49. The number of aromatic nitrogens is 2. The van der Waals surface area contributed by atoms with Gasteiger partial charge in [0.15, 0.2) is 0 Å². The number of piperidine rings is 1. The largest absolute Gasteiger partial charge is 0.369 e. The van der Waals surface area contributed by atoms with Gasteiger partial charge < -0.3 is 15.5 Å². The first-order valence-electron chi connectivity index (χ1n) is 6.91. The van der Waals surface area contributed by atoms with Crippen molar-refractivity contribution in [3.63, 3.8) is 0 Å². The summed E-state index contributed by atoms with van der Waals surface area (Å²) < 4.78 is 0.817. The van der Waals surface area contributed by atoms with Gasteiger partial charge in [-0.2, -0.15) is 0 Å². The van der Waals surface area contributed by atoms with Gasteiger partial charge in [-0.3, -0.25) is 4.79 Å². The molecule has 0 bridgehead atoms. The molecule has 0 spiro atoms. The van der Waals surface area contributed by atoms with Crippen molar-refractivity contribution in [2.24, 2.45) is 0 Å². The van der Waals surface area contributed by atoms with Gasteiger partial charge in [0.1, 0.15) is 28.5 Å². The monoisotopic (exact) mass is 341 g/mol. The molecule has 0 saturated carbocycles. The number of carbonyl (C=O) groups is 1. The van der Waals surface area contributed by atoms with Gasteiger partial charge in [-0.15, -0.1) is 0 Å². The Hall–Kier alpha value is -1.37. The fourth-order valence-electron chi connectivity index (χ4n) is 2.48. The highest BCUT2D eigenvalue weighted by molar-refractivity contribution is 9.10. The van der Waals surface area contributed by atoms with Gasteiger partial charge in [-0.05, 0) is 42.1 Å². The van der Waals surface area contributed by atoms with E-state index in [2.05, 4.69) is 41.4 Å². The van der Waals surface area contributed by atoms with Crippen LogP contribution in [0.15, 0.2) is 10.8 Å². The van der Waals surface area contributed by atoms with E-state index < -0.39 is 0 Å². The minimum absolute atomic E-state index is 0.0419. The fourth-order valence-corrected chi connectivity index (χ4v) is 3.05. The summed E-state index contributed by atoms with van der Waals surface area (Å²) in [6.07, 6.45) is 4.53. The summed E-state index contributed by atoms with van der Waals surface area (Å²) in [5, 5.41) is 5.93. The molecule has 1 aliphatic rings. The van der Waals surface area contributed by atoms with E-state index in [9.17, 15) is 4.79 Å². The SMILES string of the molecule is CCNc1ncnc(N2CCCCC2C(=O)NC)c1Br. The van der Waals surface area contributed by atoms with Crippen LogP contribution < -0.4 is 15.5 Å². The van der Waals surface area contributed by atoms with Crippen LogP contribution in [0.4, 0.5) is 11.6 Å². The number of hydrogen-bond acceptors (Lipinski definition) is 5. The van der Waals surface area contributed by atoms with Crippen LogP contribution in [0.1, 0.15) is 26.2 Å². The summed E-state index contributed by atoms with van der Waals surface area (Å²) in [6.45, 7) is 3.63. The molecule has 0 radical (unpaired) electrons. The van der Waals surface area contributed by atoms with Crippen LogP contribution in [0.2, 0.25) is 0 Å². The smallest absolute Gasteiger partial charge is 0.242 e. The van der Waals surface area contributed by atoms with Crippen LogP contribution in [0.3, 0.4) is 0 Å². The first-order valence-corrected chi connectivity index (χ1v) is 7.71. The van der Waals surface area contributed by atoms with Crippen LogP contribution in [-0.4, -0.2) is 42.1 Å². The predicted octanol–water partition coefficient (Wildman–Crippen LogP) is 1.78. The molecule has 0 aliphatic carbocycles. The summed E-state index contributed by atoms with van der Waals surface area (Å²) in [5.74, 6) is 1.59. The lowest BCUT2D eigenvalue weighted by Gasteiger charge is -2.35. The lowest BCUT2D eigenvalue weighted by atomic mass is 10.0. The standard InChI is InChI=1S/C13H20BrN5O/c1-3-16-11-10(14)12(18-8-17-11)19-7-5-4-6-9(19)13(20)15-2/h8-9H,3-7H2,1-2H3,(H,15,20)(H,16,17,18). The lowest BCUT2D eigenvalue weighted by molar-refractivity contribution is -0.122. The Balaban J connectivity index is 2.32. The van der Waals surface area contributed by atoms with Crippen LogP contribution in [0, 0.1) is 0 Å². The van der Waals surface area contributed by atoms with Crippen molar-refractivity contribution >= 4 is 33.5 Å². The summed E-state index contributed by atoms with van der Waals surface area (Å²) in [4.78, 5) is 22.7. The van der Waals surface area contributed by atoms with E-state index >= 15 is 0 Å². The molecule has 2 N–H and O–H groups in total. The van der Waals surface area contributed by atoms with E-state index in [1.807, 2.05) is 6.92 Å². The molecule has 1 aliphatic heterocycles. The van der Waals surface area contributed by atoms with Crippen LogP contribution in [0.5, 0.6) is 0 Å². The Morgan fingerprint density at radius 2 is 2.30 bits per heavy atom. The quantitative estimate of drug-likeness (QED) is 0.873. The highest BCUT2D eigenvalue weighted by Gasteiger charge is 2.30. The van der Waals surface area contributed by atoms with Crippen molar-refractivity contribution in [2.75, 3.05) is 30.4 Å². The number of halogens is 1. The number of likely N-dealkylation sites (N-methyl/N-ethyl adjacent to an activating group) is 1. The second-order valence-corrected chi connectivity index (χ2v) is 5.50. The Kier molecular flexibility index (Phi) is 5.17. The molecule has 1 fully saturated rings. The molecule has 2 rings (SSSR count). The van der Waals surface area contributed by atoms with E-state index in [0.717, 1.165) is 48.5 Å². The van der Waals surface area contributed by atoms with Gasteiger partial charge in [-0.25, -0.2) is 9.97 Å². The number of nitrogens with zero attached hydrogens (tertiary/aromatic N) is 3. The van der Waals surface area contributed by atoms with Gasteiger partial charge >= 0.3 is 0 Å². The summed E-state index contributed by atoms with van der Waals surface area (Å²) >= 11 is 3.56. The third-order valence-corrected chi connectivity index (χ3v) is 4.17. The third kappa shape index (κ3) is 3.03. The van der Waals surface area contributed by atoms with Gasteiger partial charge in [0.05, 0.1) is 0 Å². The number of hydrogen-bond donors (Lipinski definition) is 2. The summed E-state index contributed by atoms with van der Waals surface area (Å²) in [6, 6.07) is -0.158. The predicted molar refractivity (Wildman–Crippen MR) is 82.9 cm³/mol. The van der Waals surface area contributed by atoms with E-state index in [-0.39, 0.29) is 11.9 Å². The molecular weight excluding hydrogens is 322 g/mol. The molecule has 1 unspecified atom stereocenters. The maximum Gasteiger partial charge on any atom is 0.242 e. The first-order chi connectivity index (χ1) is 9.69. The highest BCUT2D eigenvalue weighted by Crippen LogP contribution is 2.33. The minimum Gasteiger partial charge on any atom is -0.369 e. The van der Waals surface area contributed by atoms with E-state index in [1.165, 1.54) is 6.33 Å². The van der Waals surface area contributed by atoms with E-state index in [1.54, 1.807) is 7.05 Å². The maximum absolute atomic E-state index is 12.0. The molecule has 7 heteroatoms. The molecule has 110 valence electrons. The number of nitrogens with one attached hydrogen (secondary N) is 2. The van der Waals surface area contributed by atoms with E-state index in [0.29, 0.717) is 0 Å². The molecule has 1 saturated heterocycles. The van der Waals surface area contributed by atoms with Gasteiger partial charge in [0, 0.05) is 20.1 Å². The second kappa shape index (κ2) is 6.88. The van der Waals surface area contributed by atoms with Gasteiger partial charge in [0.25, 0.3) is 0 Å². The second-order valence-electron chi connectivity index (χ2n) is 4.71. The molecule has 6 nitrogen and oxygen atoms in total. The first kappa shape index (κ1) is 15.0. The average molecular weight is 342 g/mol. The molecule has 1 aromatic heterocycles. The summed E-state index contributed by atoms with van der Waals surface area (Å²) in [7, 11) is 1.67. The van der Waals surface area contributed by atoms with Crippen molar-refractivity contribution in [3.05, 3.63) is 10.8 Å². The molecule has 2 heterocycles. The highest BCUT2D eigenvalue weighted by atomic mass is 79.9. The molecule has 0 aromatic carbocycles.